The molecule has 42 heavy (non-hydrogen) atoms. The first kappa shape index (κ1) is 22.8. The maximum absolute atomic E-state index is 2.50. The minimum Gasteiger partial charge on any atom is -0.309 e. The van der Waals surface area contributed by atoms with Crippen LogP contribution in [0, 0.1) is 0 Å². The van der Waals surface area contributed by atoms with Gasteiger partial charge < -0.3 is 9.13 Å². The van der Waals surface area contributed by atoms with Gasteiger partial charge in [0.05, 0.1) is 32.5 Å². The molecule has 0 saturated heterocycles. The third kappa shape index (κ3) is 2.70. The van der Waals surface area contributed by atoms with E-state index in [1.165, 1.54) is 86.3 Å². The molecule has 1 aliphatic heterocycles. The van der Waals surface area contributed by atoms with Crippen LogP contribution in [0.5, 0.6) is 0 Å². The van der Waals surface area contributed by atoms with E-state index in [-0.39, 0.29) is 5.41 Å². The second-order valence-corrected chi connectivity index (χ2v) is 13.2. The molecule has 6 bridgehead atoms. The molecule has 0 unspecified atom stereocenters. The first-order valence-corrected chi connectivity index (χ1v) is 15.4. The maximum atomic E-state index is 2.50. The molecule has 0 atom stereocenters. The first-order valence-electron chi connectivity index (χ1n) is 14.6. The normalized spacial score (nSPS) is 14.1. The van der Waals surface area contributed by atoms with Gasteiger partial charge in [-0.3, -0.25) is 0 Å². The molecular formula is C39H26N2S. The zero-order chi connectivity index (χ0) is 27.7. The molecule has 1 aliphatic rings. The molecule has 0 radical (unpaired) electrons. The number of hydrogen-bond acceptors (Lipinski definition) is 1. The predicted molar refractivity (Wildman–Crippen MR) is 180 cm³/mol. The van der Waals surface area contributed by atoms with Crippen LogP contribution >= 0.6 is 11.3 Å². The van der Waals surface area contributed by atoms with Gasteiger partial charge >= 0.3 is 0 Å². The van der Waals surface area contributed by atoms with Gasteiger partial charge in [0.15, 0.2) is 0 Å². The monoisotopic (exact) mass is 554 g/mol. The Labute approximate surface area is 246 Å². The van der Waals surface area contributed by atoms with Crippen molar-refractivity contribution in [2.24, 2.45) is 0 Å². The van der Waals surface area contributed by atoms with Crippen LogP contribution < -0.4 is 0 Å². The van der Waals surface area contributed by atoms with Gasteiger partial charge in [-0.15, -0.1) is 11.3 Å². The van der Waals surface area contributed by atoms with Crippen LogP contribution in [0.25, 0.3) is 75.2 Å². The number of fused-ring (bicyclic) bond motifs is 11. The highest BCUT2D eigenvalue weighted by Crippen LogP contribution is 2.47. The van der Waals surface area contributed by atoms with Crippen molar-refractivity contribution in [1.29, 1.82) is 0 Å². The maximum Gasteiger partial charge on any atom is 0.0640 e. The third-order valence-electron chi connectivity index (χ3n) is 9.73. The lowest BCUT2D eigenvalue weighted by molar-refractivity contribution is 0.648. The zero-order valence-corrected chi connectivity index (χ0v) is 24.2. The summed E-state index contributed by atoms with van der Waals surface area (Å²) in [5, 5.41) is 7.81. The number of benzene rings is 6. The molecule has 6 aromatic carbocycles. The molecule has 2 nitrogen and oxygen atoms in total. The van der Waals surface area contributed by atoms with Gasteiger partial charge in [0, 0.05) is 48.1 Å². The van der Waals surface area contributed by atoms with Gasteiger partial charge in [0.2, 0.25) is 0 Å². The summed E-state index contributed by atoms with van der Waals surface area (Å²) in [6.45, 7) is 4.77. The molecular weight excluding hydrogens is 529 g/mol. The number of para-hydroxylation sites is 2. The summed E-state index contributed by atoms with van der Waals surface area (Å²) >= 11 is 1.95. The van der Waals surface area contributed by atoms with Gasteiger partial charge in [0.25, 0.3) is 0 Å². The smallest absolute Gasteiger partial charge is 0.0640 e. The van der Waals surface area contributed by atoms with Crippen LogP contribution in [0.1, 0.15) is 25.0 Å². The Bertz CT molecular complexity index is 2610. The predicted octanol–water partition coefficient (Wildman–Crippen LogP) is 10.9. The van der Waals surface area contributed by atoms with Gasteiger partial charge in [-0.05, 0) is 47.5 Å². The molecule has 0 aliphatic carbocycles. The number of thiophene rings is 1. The van der Waals surface area contributed by atoms with Crippen LogP contribution in [0.15, 0.2) is 121 Å². The van der Waals surface area contributed by atoms with E-state index in [9.17, 15) is 0 Å². The molecule has 0 amide bonds. The van der Waals surface area contributed by atoms with Crippen molar-refractivity contribution in [2.75, 3.05) is 0 Å². The van der Waals surface area contributed by atoms with Crippen molar-refractivity contribution >= 4 is 75.1 Å². The summed E-state index contributed by atoms with van der Waals surface area (Å²) in [7, 11) is 0. The van der Waals surface area contributed by atoms with Crippen molar-refractivity contribution < 1.29 is 0 Å². The Morgan fingerprint density at radius 2 is 1.07 bits per heavy atom. The van der Waals surface area contributed by atoms with Crippen molar-refractivity contribution in [2.45, 2.75) is 19.3 Å². The molecule has 0 saturated carbocycles. The number of hydrogen-bond donors (Lipinski definition) is 0. The van der Waals surface area contributed by atoms with Crippen LogP contribution in [-0.2, 0) is 5.41 Å². The van der Waals surface area contributed by atoms with E-state index in [1.54, 1.807) is 0 Å². The summed E-state index contributed by atoms with van der Waals surface area (Å²) in [6, 6.07) is 45.6. The van der Waals surface area contributed by atoms with Gasteiger partial charge in [0.1, 0.15) is 0 Å². The van der Waals surface area contributed by atoms with Gasteiger partial charge in [-0.2, -0.15) is 0 Å². The topological polar surface area (TPSA) is 9.86 Å². The van der Waals surface area contributed by atoms with E-state index in [2.05, 4.69) is 144 Å². The summed E-state index contributed by atoms with van der Waals surface area (Å²) in [4.78, 5) is 0. The van der Waals surface area contributed by atoms with Crippen LogP contribution in [0.2, 0.25) is 0 Å². The number of rotatable bonds is 0. The summed E-state index contributed by atoms with van der Waals surface area (Å²) in [5.74, 6) is 0. The van der Waals surface area contributed by atoms with Gasteiger partial charge in [-0.25, -0.2) is 0 Å². The van der Waals surface area contributed by atoms with Crippen molar-refractivity contribution in [3.8, 4) is 11.4 Å². The van der Waals surface area contributed by atoms with Gasteiger partial charge in [-0.1, -0.05) is 98.8 Å². The second-order valence-electron chi connectivity index (χ2n) is 12.2. The SMILES string of the molecule is CC1(C)c2ccc3c4ccccc4n(c3c2)-c2ccc3c4ccccc4n(c3c2)-c2cccc3c2sc2c1cccc23. The molecule has 0 fully saturated rings. The van der Waals surface area contributed by atoms with Crippen molar-refractivity contribution in [1.82, 2.24) is 9.13 Å². The lowest BCUT2D eigenvalue weighted by Gasteiger charge is -2.27. The van der Waals surface area contributed by atoms with E-state index >= 15 is 0 Å². The molecule has 10 rings (SSSR count). The number of nitrogens with zero attached hydrogens (tertiary/aromatic N) is 2. The lowest BCUT2D eigenvalue weighted by atomic mass is 9.77. The Kier molecular flexibility index (Phi) is 4.18. The first-order chi connectivity index (χ1) is 20.6. The third-order valence-corrected chi connectivity index (χ3v) is 11.0. The van der Waals surface area contributed by atoms with E-state index < -0.39 is 0 Å². The average Bonchev–Trinajstić information content (AvgIpc) is 3.67. The largest absolute Gasteiger partial charge is 0.309 e. The minimum absolute atomic E-state index is 0.185. The second kappa shape index (κ2) is 7.70. The molecule has 3 aromatic heterocycles. The Balaban J connectivity index is 1.50. The standard InChI is InChI=1S/C39H26N2S/c1-39(2)23-17-19-27-25-9-3-5-14-32(25)40(35(27)21-23)24-18-20-28-26-10-4-6-15-33(26)41(36(28)22-24)34-16-8-12-30-29-11-7-13-31(39)37(29)42-38(30)34/h3-22H,1-2H3. The molecule has 4 heterocycles. The Hall–Kier alpha value is -4.86. The van der Waals surface area contributed by atoms with Crippen LogP contribution in [0.4, 0.5) is 0 Å². The van der Waals surface area contributed by atoms with E-state index in [1.807, 2.05) is 11.3 Å². The summed E-state index contributed by atoms with van der Waals surface area (Å²) in [6.07, 6.45) is 0. The van der Waals surface area contributed by atoms with Crippen LogP contribution in [0.3, 0.4) is 0 Å². The van der Waals surface area contributed by atoms with E-state index in [0.29, 0.717) is 0 Å². The molecule has 198 valence electrons. The van der Waals surface area contributed by atoms with E-state index in [4.69, 9.17) is 0 Å². The molecule has 3 heteroatoms. The van der Waals surface area contributed by atoms with E-state index in [0.717, 1.165) is 0 Å². The van der Waals surface area contributed by atoms with Crippen molar-refractivity contribution in [3.63, 3.8) is 0 Å². The Morgan fingerprint density at radius 1 is 0.476 bits per heavy atom. The Morgan fingerprint density at radius 3 is 1.86 bits per heavy atom. The lowest BCUT2D eigenvalue weighted by Crippen LogP contribution is -2.19. The fourth-order valence-corrected chi connectivity index (χ4v) is 9.10. The highest BCUT2D eigenvalue weighted by Gasteiger charge is 2.29. The fraction of sp³-hybridized carbons (Fsp3) is 0.0769. The highest BCUT2D eigenvalue weighted by molar-refractivity contribution is 7.26. The molecule has 9 aromatic rings. The minimum atomic E-state index is -0.185. The highest BCUT2D eigenvalue weighted by atomic mass is 32.1. The zero-order valence-electron chi connectivity index (χ0n) is 23.3. The average molecular weight is 555 g/mol. The van der Waals surface area contributed by atoms with Crippen molar-refractivity contribution in [3.05, 3.63) is 132 Å². The number of aromatic nitrogens is 2. The molecule has 0 spiro atoms. The summed E-state index contributed by atoms with van der Waals surface area (Å²) < 4.78 is 7.69. The van der Waals surface area contributed by atoms with Crippen LogP contribution in [-0.4, -0.2) is 9.13 Å². The summed E-state index contributed by atoms with van der Waals surface area (Å²) in [5.41, 5.74) is 9.93. The quantitative estimate of drug-likeness (QED) is 0.176. The fourth-order valence-electron chi connectivity index (χ4n) is 7.62. The molecule has 0 N–H and O–H groups in total.